The Kier molecular flexibility index (Phi) is 5.51. The molecule has 0 aliphatic rings. The van der Waals surface area contributed by atoms with Crippen LogP contribution in [0.3, 0.4) is 0 Å². The van der Waals surface area contributed by atoms with Gasteiger partial charge in [-0.3, -0.25) is 0 Å². The van der Waals surface area contributed by atoms with Crippen molar-refractivity contribution in [3.05, 3.63) is 53.3 Å². The van der Waals surface area contributed by atoms with E-state index in [-0.39, 0.29) is 0 Å². The van der Waals surface area contributed by atoms with Crippen LogP contribution in [-0.2, 0) is 5.54 Å². The number of methoxy groups -OCH3 is 2. The minimum absolute atomic E-state index is 0.496. The number of benzene rings is 2. The van der Waals surface area contributed by atoms with Gasteiger partial charge in [-0.2, -0.15) is 4.68 Å². The molecule has 0 saturated heterocycles. The average Bonchev–Trinajstić information content (AvgIpc) is 3.19. The minimum Gasteiger partial charge on any atom is -0.493 e. The Morgan fingerprint density at radius 1 is 1.07 bits per heavy atom. The summed E-state index contributed by atoms with van der Waals surface area (Å²) in [6.45, 7) is 4.14. The van der Waals surface area contributed by atoms with Crippen LogP contribution < -0.4 is 14.8 Å². The van der Waals surface area contributed by atoms with Gasteiger partial charge in [-0.1, -0.05) is 18.5 Å². The lowest BCUT2D eigenvalue weighted by Gasteiger charge is -2.29. The van der Waals surface area contributed by atoms with Crippen LogP contribution in [0, 0.1) is 0 Å². The van der Waals surface area contributed by atoms with Gasteiger partial charge in [0, 0.05) is 16.8 Å². The number of hydrogen-bond acceptors (Lipinski definition) is 6. The van der Waals surface area contributed by atoms with Crippen LogP contribution >= 0.6 is 11.6 Å². The molecule has 0 spiro atoms. The van der Waals surface area contributed by atoms with Crippen molar-refractivity contribution in [3.63, 3.8) is 0 Å². The van der Waals surface area contributed by atoms with Crippen LogP contribution in [0.5, 0.6) is 11.5 Å². The summed E-state index contributed by atoms with van der Waals surface area (Å²) in [6, 6.07) is 13.1. The number of halogens is 1. The number of tetrazole rings is 1. The van der Waals surface area contributed by atoms with Crippen molar-refractivity contribution in [2.45, 2.75) is 25.8 Å². The number of anilines is 1. The van der Waals surface area contributed by atoms with Gasteiger partial charge in [0.25, 0.3) is 0 Å². The Morgan fingerprint density at radius 3 is 2.41 bits per heavy atom. The maximum Gasteiger partial charge on any atom is 0.181 e. The summed E-state index contributed by atoms with van der Waals surface area (Å²) in [5.41, 5.74) is 1.22. The fourth-order valence-corrected chi connectivity index (χ4v) is 2.94. The zero-order valence-corrected chi connectivity index (χ0v) is 16.5. The molecular formula is C19H22ClN5O2. The molecule has 0 aliphatic heterocycles. The Balaban J connectivity index is 2.00. The molecule has 7 nitrogen and oxygen atoms in total. The van der Waals surface area contributed by atoms with Crippen LogP contribution in [0.2, 0.25) is 5.02 Å². The average molecular weight is 388 g/mol. The van der Waals surface area contributed by atoms with Gasteiger partial charge in [-0.25, -0.2) is 0 Å². The number of rotatable bonds is 7. The van der Waals surface area contributed by atoms with Crippen LogP contribution in [0.1, 0.15) is 26.1 Å². The first-order valence-corrected chi connectivity index (χ1v) is 8.93. The van der Waals surface area contributed by atoms with Crippen LogP contribution in [-0.4, -0.2) is 34.4 Å². The third kappa shape index (κ3) is 3.83. The van der Waals surface area contributed by atoms with Gasteiger partial charge in [0.2, 0.25) is 0 Å². The second-order valence-electron chi connectivity index (χ2n) is 6.27. The lowest BCUT2D eigenvalue weighted by Crippen LogP contribution is -2.34. The van der Waals surface area contributed by atoms with E-state index in [1.165, 1.54) is 0 Å². The summed E-state index contributed by atoms with van der Waals surface area (Å²) in [5, 5.41) is 16.6. The van der Waals surface area contributed by atoms with Gasteiger partial charge < -0.3 is 14.8 Å². The van der Waals surface area contributed by atoms with Crippen molar-refractivity contribution in [2.75, 3.05) is 19.5 Å². The maximum absolute atomic E-state index is 5.99. The first kappa shape index (κ1) is 19.0. The number of hydrogen-bond donors (Lipinski definition) is 1. The summed E-state index contributed by atoms with van der Waals surface area (Å²) in [6.07, 6.45) is 0.767. The van der Waals surface area contributed by atoms with E-state index >= 15 is 0 Å². The van der Waals surface area contributed by atoms with Gasteiger partial charge in [0.1, 0.15) is 0 Å². The topological polar surface area (TPSA) is 74.1 Å². The Bertz CT molecular complexity index is 913. The van der Waals surface area contributed by atoms with E-state index in [0.717, 1.165) is 17.8 Å². The van der Waals surface area contributed by atoms with Gasteiger partial charge in [-0.15, -0.1) is 5.10 Å². The number of nitrogens with zero attached hydrogens (tertiary/aromatic N) is 4. The molecule has 27 heavy (non-hydrogen) atoms. The van der Waals surface area contributed by atoms with Gasteiger partial charge in [-0.05, 0) is 60.2 Å². The molecule has 1 aromatic heterocycles. The number of aromatic nitrogens is 4. The van der Waals surface area contributed by atoms with E-state index in [2.05, 4.69) is 34.7 Å². The molecule has 0 amide bonds. The molecule has 0 radical (unpaired) electrons. The van der Waals surface area contributed by atoms with E-state index in [1.54, 1.807) is 18.9 Å². The molecule has 3 rings (SSSR count). The number of ether oxygens (including phenoxy) is 2. The van der Waals surface area contributed by atoms with E-state index < -0.39 is 5.54 Å². The molecular weight excluding hydrogens is 366 g/mol. The summed E-state index contributed by atoms with van der Waals surface area (Å²) in [5.74, 6) is 1.95. The van der Waals surface area contributed by atoms with Gasteiger partial charge in [0.05, 0.1) is 25.4 Å². The van der Waals surface area contributed by atoms with E-state index in [0.29, 0.717) is 22.3 Å². The van der Waals surface area contributed by atoms with Crippen molar-refractivity contribution in [2.24, 2.45) is 0 Å². The first-order chi connectivity index (χ1) is 13.0. The lowest BCUT2D eigenvalue weighted by molar-refractivity contribution is 0.354. The molecule has 0 aliphatic carbocycles. The quantitative estimate of drug-likeness (QED) is 0.658. The predicted octanol–water partition coefficient (Wildman–Crippen LogP) is 4.07. The highest BCUT2D eigenvalue weighted by atomic mass is 35.5. The maximum atomic E-state index is 5.99. The molecule has 0 bridgehead atoms. The second-order valence-corrected chi connectivity index (χ2v) is 6.71. The number of nitrogens with one attached hydrogen (secondary N) is 1. The third-order valence-corrected chi connectivity index (χ3v) is 4.80. The summed E-state index contributed by atoms with van der Waals surface area (Å²) < 4.78 is 12.4. The van der Waals surface area contributed by atoms with Crippen molar-refractivity contribution >= 4 is 17.3 Å². The molecule has 1 N–H and O–H groups in total. The van der Waals surface area contributed by atoms with Crippen molar-refractivity contribution in [1.29, 1.82) is 0 Å². The largest absolute Gasteiger partial charge is 0.493 e. The summed E-state index contributed by atoms with van der Waals surface area (Å²) in [7, 11) is 3.20. The molecule has 0 fully saturated rings. The molecule has 3 aromatic rings. The molecule has 0 saturated carbocycles. The summed E-state index contributed by atoms with van der Waals surface area (Å²) in [4.78, 5) is 0. The fraction of sp³-hybridized carbons (Fsp3) is 0.316. The van der Waals surface area contributed by atoms with E-state index in [1.807, 2.05) is 42.5 Å². The highest BCUT2D eigenvalue weighted by Gasteiger charge is 2.31. The van der Waals surface area contributed by atoms with Crippen LogP contribution in [0.25, 0.3) is 5.69 Å². The summed E-state index contributed by atoms with van der Waals surface area (Å²) >= 11 is 5.99. The first-order valence-electron chi connectivity index (χ1n) is 8.55. The lowest BCUT2D eigenvalue weighted by atomic mass is 9.97. The molecule has 8 heteroatoms. The monoisotopic (exact) mass is 387 g/mol. The third-order valence-electron chi connectivity index (χ3n) is 4.55. The van der Waals surface area contributed by atoms with Crippen LogP contribution in [0.15, 0.2) is 42.5 Å². The van der Waals surface area contributed by atoms with E-state index in [4.69, 9.17) is 21.1 Å². The fourth-order valence-electron chi connectivity index (χ4n) is 2.82. The zero-order chi connectivity index (χ0) is 19.4. The standard InChI is InChI=1S/C19H22ClN5O2/c1-5-19(2,21-14-8-6-13(20)7-9-14)18-22-23-24-25(18)15-10-11-16(26-3)17(12-15)27-4/h6-12,21H,5H2,1-4H3/t19-/m1/s1. The molecule has 0 unspecified atom stereocenters. The van der Waals surface area contributed by atoms with Crippen LogP contribution in [0.4, 0.5) is 5.69 Å². The minimum atomic E-state index is -0.496. The Hall–Kier alpha value is -2.80. The molecule has 2 aromatic carbocycles. The van der Waals surface area contributed by atoms with Crippen molar-refractivity contribution in [3.8, 4) is 17.2 Å². The van der Waals surface area contributed by atoms with Gasteiger partial charge in [0.15, 0.2) is 17.3 Å². The Labute approximate surface area is 163 Å². The second kappa shape index (κ2) is 7.84. The smallest absolute Gasteiger partial charge is 0.181 e. The highest BCUT2D eigenvalue weighted by molar-refractivity contribution is 6.30. The predicted molar refractivity (Wildman–Crippen MR) is 105 cm³/mol. The highest BCUT2D eigenvalue weighted by Crippen LogP contribution is 2.32. The SMILES string of the molecule is CC[C@@](C)(Nc1ccc(Cl)cc1)c1nnnn1-c1ccc(OC)c(OC)c1. The zero-order valence-electron chi connectivity index (χ0n) is 15.7. The van der Waals surface area contributed by atoms with Crippen molar-refractivity contribution < 1.29 is 9.47 Å². The Morgan fingerprint density at radius 2 is 1.78 bits per heavy atom. The molecule has 142 valence electrons. The van der Waals surface area contributed by atoms with E-state index in [9.17, 15) is 0 Å². The van der Waals surface area contributed by atoms with Gasteiger partial charge >= 0.3 is 0 Å². The van der Waals surface area contributed by atoms with Crippen molar-refractivity contribution in [1.82, 2.24) is 20.2 Å². The normalized spacial score (nSPS) is 13.1. The molecule has 1 heterocycles. The molecule has 1 atom stereocenters.